The molecule has 24 heavy (non-hydrogen) atoms. The summed E-state index contributed by atoms with van der Waals surface area (Å²) >= 11 is 1.95. The maximum absolute atomic E-state index is 14.0. The number of esters is 1. The highest BCUT2D eigenvalue weighted by Gasteiger charge is 2.48. The lowest BCUT2D eigenvalue weighted by Gasteiger charge is -2.20. The van der Waals surface area contributed by atoms with Gasteiger partial charge in [0.15, 0.2) is 11.6 Å². The predicted molar refractivity (Wildman–Crippen MR) is 94.6 cm³/mol. The normalized spacial score (nSPS) is 13.7. The van der Waals surface area contributed by atoms with E-state index in [2.05, 4.69) is 0 Å². The summed E-state index contributed by atoms with van der Waals surface area (Å²) in [6, 6.07) is 2.28. The van der Waals surface area contributed by atoms with E-state index in [0.717, 1.165) is 13.0 Å². The van der Waals surface area contributed by atoms with Crippen LogP contribution >= 0.6 is 30.3 Å². The van der Waals surface area contributed by atoms with Crippen LogP contribution in [0.25, 0.3) is 10.9 Å². The Labute approximate surface area is 152 Å². The van der Waals surface area contributed by atoms with Crippen LogP contribution in [-0.2, 0) is 16.0 Å². The van der Waals surface area contributed by atoms with Crippen LogP contribution in [0.4, 0.5) is 8.78 Å². The Balaban J connectivity index is 2.63. The van der Waals surface area contributed by atoms with E-state index in [1.165, 1.54) is 28.3 Å². The number of nitro groups is 1. The molecule has 1 heterocycles. The van der Waals surface area contributed by atoms with Crippen LogP contribution in [0.2, 0.25) is 0 Å². The van der Waals surface area contributed by atoms with Gasteiger partial charge in [-0.15, -0.1) is 0 Å². The second-order valence-corrected chi connectivity index (χ2v) is 6.95. The second kappa shape index (κ2) is 7.21. The Bertz CT molecular complexity index is 814. The lowest BCUT2D eigenvalue weighted by molar-refractivity contribution is -0.550. The Hall–Kier alpha value is -1.43. The van der Waals surface area contributed by atoms with Crippen LogP contribution < -0.4 is 0 Å². The van der Waals surface area contributed by atoms with Crippen LogP contribution in [0, 0.1) is 21.7 Å². The molecule has 1 aromatic carbocycles. The van der Waals surface area contributed by atoms with Crippen molar-refractivity contribution in [2.75, 3.05) is 6.61 Å². The lowest BCUT2D eigenvalue weighted by Crippen LogP contribution is -2.46. The number of aromatic nitrogens is 1. The van der Waals surface area contributed by atoms with E-state index < -0.39 is 34.5 Å². The van der Waals surface area contributed by atoms with E-state index >= 15 is 0 Å². The Morgan fingerprint density at radius 1 is 1.54 bits per heavy atom. The van der Waals surface area contributed by atoms with Crippen LogP contribution in [0.5, 0.6) is 0 Å². The quantitative estimate of drug-likeness (QED) is 0.277. The van der Waals surface area contributed by atoms with Gasteiger partial charge in [0.1, 0.15) is 0 Å². The van der Waals surface area contributed by atoms with Crippen molar-refractivity contribution < 1.29 is 23.2 Å². The molecule has 0 saturated heterocycles. The number of carbonyl (C=O) groups excluding carboxylic acids is 1. The van der Waals surface area contributed by atoms with Crippen molar-refractivity contribution >= 4 is 47.2 Å². The van der Waals surface area contributed by atoms with Gasteiger partial charge in [-0.2, -0.15) is 0 Å². The van der Waals surface area contributed by atoms with Crippen LogP contribution in [0.1, 0.15) is 19.4 Å². The first-order valence-corrected chi connectivity index (χ1v) is 10.2. The summed E-state index contributed by atoms with van der Waals surface area (Å²) in [6.07, 6.45) is 1.11. The van der Waals surface area contributed by atoms with Gasteiger partial charge in [0, 0.05) is 53.8 Å². The molecule has 2 aromatic rings. The Morgan fingerprint density at radius 2 is 2.21 bits per heavy atom. The SMILES string of the molecule is CCOC(=O)C(C)(Cc1cc(F)c(F)c2ccn(SI)c12)[N+](=O)[O-]. The molecule has 10 heteroatoms. The summed E-state index contributed by atoms with van der Waals surface area (Å²) in [5.74, 6) is -3.17. The fraction of sp³-hybridized carbons (Fsp3) is 0.357. The highest BCUT2D eigenvalue weighted by Crippen LogP contribution is 2.33. The predicted octanol–water partition coefficient (Wildman–Crippen LogP) is 3.91. The molecule has 0 aliphatic heterocycles. The topological polar surface area (TPSA) is 74.4 Å². The van der Waals surface area contributed by atoms with Crippen LogP contribution in [0.3, 0.4) is 0 Å². The third-order valence-electron chi connectivity index (χ3n) is 3.63. The summed E-state index contributed by atoms with van der Waals surface area (Å²) in [6.45, 7) is 2.63. The fourth-order valence-electron chi connectivity index (χ4n) is 2.38. The number of halogens is 3. The molecule has 0 bridgehead atoms. The first-order valence-electron chi connectivity index (χ1n) is 6.85. The van der Waals surface area contributed by atoms with Gasteiger partial charge in [-0.05, 0) is 24.6 Å². The number of fused-ring (bicyclic) bond motifs is 1. The number of nitrogens with zero attached hydrogens (tertiary/aromatic N) is 2. The molecule has 0 spiro atoms. The molecule has 0 fully saturated rings. The smallest absolute Gasteiger partial charge is 0.384 e. The molecule has 0 amide bonds. The summed E-state index contributed by atoms with van der Waals surface area (Å²) in [5.41, 5.74) is -1.64. The zero-order valence-electron chi connectivity index (χ0n) is 12.7. The minimum absolute atomic E-state index is 0.00345. The maximum atomic E-state index is 14.0. The van der Waals surface area contributed by atoms with E-state index in [-0.39, 0.29) is 17.6 Å². The van der Waals surface area contributed by atoms with Gasteiger partial charge >= 0.3 is 11.5 Å². The molecular formula is C14H13F2IN2O4S. The summed E-state index contributed by atoms with van der Waals surface area (Å²) in [5, 5.41) is 11.4. The zero-order chi connectivity index (χ0) is 18.1. The fourth-order valence-corrected chi connectivity index (χ4v) is 3.76. The third-order valence-corrected chi connectivity index (χ3v) is 5.36. The van der Waals surface area contributed by atoms with Gasteiger partial charge < -0.3 is 4.74 Å². The second-order valence-electron chi connectivity index (χ2n) is 5.23. The van der Waals surface area contributed by atoms with E-state index in [1.807, 2.05) is 21.2 Å². The molecule has 6 nitrogen and oxygen atoms in total. The lowest BCUT2D eigenvalue weighted by atomic mass is 9.92. The van der Waals surface area contributed by atoms with Crippen molar-refractivity contribution in [3.05, 3.63) is 45.6 Å². The van der Waals surface area contributed by atoms with E-state index in [0.29, 0.717) is 5.52 Å². The van der Waals surface area contributed by atoms with Crippen molar-refractivity contribution in [3.63, 3.8) is 0 Å². The molecular weight excluding hydrogens is 457 g/mol. The van der Waals surface area contributed by atoms with Crippen molar-refractivity contribution in [1.82, 2.24) is 3.97 Å². The molecule has 1 aromatic heterocycles. The number of hydrogen-bond donors (Lipinski definition) is 0. The first kappa shape index (κ1) is 18.9. The average Bonchev–Trinajstić information content (AvgIpc) is 2.96. The maximum Gasteiger partial charge on any atom is 0.384 e. The van der Waals surface area contributed by atoms with Crippen molar-refractivity contribution in [1.29, 1.82) is 0 Å². The van der Waals surface area contributed by atoms with Gasteiger partial charge in [-0.1, -0.05) is 0 Å². The molecule has 130 valence electrons. The third kappa shape index (κ3) is 3.21. The van der Waals surface area contributed by atoms with Crippen LogP contribution in [0.15, 0.2) is 18.3 Å². The summed E-state index contributed by atoms with van der Waals surface area (Å²) < 4.78 is 34.2. The summed E-state index contributed by atoms with van der Waals surface area (Å²) in [7, 11) is 1.20. The monoisotopic (exact) mass is 470 g/mol. The van der Waals surface area contributed by atoms with Gasteiger partial charge in [0.05, 0.1) is 18.5 Å². The number of hydrogen-bond acceptors (Lipinski definition) is 5. The highest BCUT2D eigenvalue weighted by molar-refractivity contribution is 14.2. The molecule has 0 radical (unpaired) electrons. The molecule has 1 atom stereocenters. The van der Waals surface area contributed by atoms with Crippen LogP contribution in [-0.4, -0.2) is 27.0 Å². The number of carbonyl (C=O) groups is 1. The summed E-state index contributed by atoms with van der Waals surface area (Å²) in [4.78, 5) is 22.7. The van der Waals surface area contributed by atoms with Crippen molar-refractivity contribution in [2.24, 2.45) is 0 Å². The highest BCUT2D eigenvalue weighted by atomic mass is 127. The Morgan fingerprint density at radius 3 is 2.75 bits per heavy atom. The number of rotatable bonds is 6. The molecule has 0 saturated carbocycles. The van der Waals surface area contributed by atoms with Crippen molar-refractivity contribution in [2.45, 2.75) is 25.8 Å². The molecule has 0 aliphatic carbocycles. The van der Waals surface area contributed by atoms with Gasteiger partial charge in [0.2, 0.25) is 0 Å². The minimum Gasteiger partial charge on any atom is -0.461 e. The van der Waals surface area contributed by atoms with Crippen molar-refractivity contribution in [3.8, 4) is 0 Å². The van der Waals surface area contributed by atoms with E-state index in [1.54, 1.807) is 3.97 Å². The van der Waals surface area contributed by atoms with Gasteiger partial charge in [-0.3, -0.25) is 14.1 Å². The largest absolute Gasteiger partial charge is 0.461 e. The molecule has 0 N–H and O–H groups in total. The van der Waals surface area contributed by atoms with E-state index in [4.69, 9.17) is 4.74 Å². The standard InChI is InChI=1S/C14H13F2IN2O4S/c1-3-23-13(20)14(2,19(21)22)7-8-6-10(15)11(16)9-4-5-18(24-17)12(8)9/h4-6H,3,7H2,1-2H3. The number of benzene rings is 1. The van der Waals surface area contributed by atoms with Gasteiger partial charge in [0.25, 0.3) is 0 Å². The molecule has 1 unspecified atom stereocenters. The Kier molecular flexibility index (Phi) is 5.68. The average molecular weight is 470 g/mol. The molecule has 0 aliphatic rings. The van der Waals surface area contributed by atoms with E-state index in [9.17, 15) is 23.7 Å². The van der Waals surface area contributed by atoms with Gasteiger partial charge in [-0.25, -0.2) is 13.6 Å². The first-order chi connectivity index (χ1) is 11.3. The molecule has 2 rings (SSSR count). The minimum atomic E-state index is -2.10. The number of ether oxygens (including phenoxy) is 1. The zero-order valence-corrected chi connectivity index (χ0v) is 15.7.